The number of aromatic nitrogens is 1. The van der Waals surface area contributed by atoms with E-state index in [9.17, 15) is 0 Å². The molecule has 0 aliphatic carbocycles. The molecule has 0 atom stereocenters. The van der Waals surface area contributed by atoms with E-state index in [0.29, 0.717) is 0 Å². The van der Waals surface area contributed by atoms with Crippen LogP contribution in [-0.4, -0.2) is 17.2 Å². The van der Waals surface area contributed by atoms with Crippen molar-refractivity contribution in [2.24, 2.45) is 4.99 Å². The van der Waals surface area contributed by atoms with Crippen LogP contribution in [0.25, 0.3) is 0 Å². The highest BCUT2D eigenvalue weighted by Crippen LogP contribution is 2.03. The first-order chi connectivity index (χ1) is 4.97. The quantitative estimate of drug-likeness (QED) is 0.598. The smallest absolute Gasteiger partial charge is 0.0810 e. The number of hydrogen-bond acceptors (Lipinski definition) is 1. The highest BCUT2D eigenvalue weighted by molar-refractivity contribution is 6.08. The predicted molar refractivity (Wildman–Crippen MR) is 41.3 cm³/mol. The molecule has 0 spiro atoms. The van der Waals surface area contributed by atoms with Crippen molar-refractivity contribution in [3.8, 4) is 0 Å². The van der Waals surface area contributed by atoms with E-state index in [1.54, 1.807) is 0 Å². The lowest BCUT2D eigenvalue weighted by Crippen LogP contribution is -1.92. The normalized spacial score (nSPS) is 15.8. The number of H-pyrrole nitrogens is 1. The van der Waals surface area contributed by atoms with E-state index < -0.39 is 0 Å². The zero-order valence-corrected chi connectivity index (χ0v) is 5.54. The van der Waals surface area contributed by atoms with Gasteiger partial charge in [0, 0.05) is 6.20 Å². The Bertz CT molecular complexity index is 267. The average molecular weight is 132 g/mol. The summed E-state index contributed by atoms with van der Waals surface area (Å²) in [5.74, 6) is 0. The van der Waals surface area contributed by atoms with Gasteiger partial charge in [-0.1, -0.05) is 6.08 Å². The summed E-state index contributed by atoms with van der Waals surface area (Å²) in [6, 6.07) is 4.00. The molecule has 1 aliphatic heterocycles. The molecule has 0 radical (unpaired) electrons. The van der Waals surface area contributed by atoms with E-state index in [0.717, 1.165) is 18.0 Å². The first kappa shape index (κ1) is 5.47. The van der Waals surface area contributed by atoms with Crippen LogP contribution in [0.1, 0.15) is 5.69 Å². The van der Waals surface area contributed by atoms with E-state index in [2.05, 4.69) is 16.1 Å². The number of allylic oxidation sites excluding steroid dienone is 1. The Kier molecular flexibility index (Phi) is 1.17. The first-order valence-corrected chi connectivity index (χ1v) is 3.31. The number of nitrogens with zero attached hydrogens (tertiary/aromatic N) is 1. The van der Waals surface area contributed by atoms with Crippen molar-refractivity contribution in [2.45, 2.75) is 0 Å². The summed E-state index contributed by atoms with van der Waals surface area (Å²) < 4.78 is 0. The number of aliphatic imine (C=N–C) groups is 1. The highest BCUT2D eigenvalue weighted by Gasteiger charge is 2.01. The van der Waals surface area contributed by atoms with Gasteiger partial charge in [0.1, 0.15) is 0 Å². The maximum Gasteiger partial charge on any atom is 0.0810 e. The molecular formula is C8H8N2. The van der Waals surface area contributed by atoms with Gasteiger partial charge in [0.25, 0.3) is 0 Å². The van der Waals surface area contributed by atoms with Crippen LogP contribution in [0.15, 0.2) is 35.5 Å². The third-order valence-electron chi connectivity index (χ3n) is 1.52. The molecule has 1 N–H and O–H groups in total. The molecular weight excluding hydrogens is 124 g/mol. The van der Waals surface area contributed by atoms with Gasteiger partial charge in [-0.15, -0.1) is 0 Å². The summed E-state index contributed by atoms with van der Waals surface area (Å²) in [4.78, 5) is 7.35. The molecule has 50 valence electrons. The Balaban J connectivity index is 2.36. The van der Waals surface area contributed by atoms with Crippen LogP contribution in [0.3, 0.4) is 0 Å². The van der Waals surface area contributed by atoms with Crippen LogP contribution >= 0.6 is 0 Å². The molecule has 0 unspecified atom stereocenters. The Morgan fingerprint density at radius 1 is 1.50 bits per heavy atom. The molecule has 0 saturated heterocycles. The molecule has 2 heterocycles. The van der Waals surface area contributed by atoms with Crippen LogP contribution < -0.4 is 0 Å². The molecule has 0 fully saturated rings. The van der Waals surface area contributed by atoms with Crippen LogP contribution in [0.2, 0.25) is 0 Å². The van der Waals surface area contributed by atoms with Crippen LogP contribution in [-0.2, 0) is 0 Å². The SMILES string of the molecule is C1=CC(c2ccc[nH]2)=NC1. The third-order valence-corrected chi connectivity index (χ3v) is 1.52. The molecule has 10 heavy (non-hydrogen) atoms. The lowest BCUT2D eigenvalue weighted by molar-refractivity contribution is 1.27. The fourth-order valence-electron chi connectivity index (χ4n) is 1.03. The van der Waals surface area contributed by atoms with Crippen molar-refractivity contribution >= 4 is 5.71 Å². The summed E-state index contributed by atoms with van der Waals surface area (Å²) in [5, 5.41) is 0. The number of aromatic amines is 1. The molecule has 1 aromatic rings. The summed E-state index contributed by atoms with van der Waals surface area (Å²) >= 11 is 0. The van der Waals surface area contributed by atoms with Crippen molar-refractivity contribution in [2.75, 3.05) is 6.54 Å². The number of nitrogens with one attached hydrogen (secondary N) is 1. The van der Waals surface area contributed by atoms with Crippen LogP contribution in [0.5, 0.6) is 0 Å². The molecule has 2 heteroatoms. The monoisotopic (exact) mass is 132 g/mol. The van der Waals surface area contributed by atoms with Crippen molar-refractivity contribution < 1.29 is 0 Å². The summed E-state index contributed by atoms with van der Waals surface area (Å²) in [5.41, 5.74) is 2.17. The van der Waals surface area contributed by atoms with Crippen LogP contribution in [0, 0.1) is 0 Å². The fourth-order valence-corrected chi connectivity index (χ4v) is 1.03. The lowest BCUT2D eigenvalue weighted by atomic mass is 10.3. The molecule has 2 nitrogen and oxygen atoms in total. The van der Waals surface area contributed by atoms with Gasteiger partial charge in [0.05, 0.1) is 18.0 Å². The summed E-state index contributed by atoms with van der Waals surface area (Å²) in [7, 11) is 0. The zero-order chi connectivity index (χ0) is 6.81. The second-order valence-corrected chi connectivity index (χ2v) is 2.21. The standard InChI is InChI=1S/C8H8N2/c1-3-7(9-5-1)8-4-2-6-10-8/h1-5,9H,6H2. The van der Waals surface area contributed by atoms with Crippen molar-refractivity contribution in [3.63, 3.8) is 0 Å². The van der Waals surface area contributed by atoms with Gasteiger partial charge in [-0.3, -0.25) is 4.99 Å². The Labute approximate surface area is 59.3 Å². The molecule has 0 amide bonds. The van der Waals surface area contributed by atoms with Crippen molar-refractivity contribution in [3.05, 3.63) is 36.2 Å². The van der Waals surface area contributed by atoms with E-state index >= 15 is 0 Å². The van der Waals surface area contributed by atoms with Gasteiger partial charge in [0.15, 0.2) is 0 Å². The highest BCUT2D eigenvalue weighted by atomic mass is 14.8. The molecule has 1 aromatic heterocycles. The zero-order valence-electron chi connectivity index (χ0n) is 5.54. The van der Waals surface area contributed by atoms with Gasteiger partial charge in [-0.2, -0.15) is 0 Å². The summed E-state index contributed by atoms with van der Waals surface area (Å²) in [6.07, 6.45) is 5.99. The minimum Gasteiger partial charge on any atom is -0.360 e. The molecule has 0 bridgehead atoms. The fraction of sp³-hybridized carbons (Fsp3) is 0.125. The van der Waals surface area contributed by atoms with E-state index in [-0.39, 0.29) is 0 Å². The second kappa shape index (κ2) is 2.14. The van der Waals surface area contributed by atoms with Crippen LogP contribution in [0.4, 0.5) is 0 Å². The third kappa shape index (κ3) is 0.778. The topological polar surface area (TPSA) is 28.1 Å². The molecule has 2 rings (SSSR count). The Hall–Kier alpha value is -1.31. The number of rotatable bonds is 1. The van der Waals surface area contributed by atoms with E-state index in [4.69, 9.17) is 0 Å². The van der Waals surface area contributed by atoms with Gasteiger partial charge in [0.2, 0.25) is 0 Å². The van der Waals surface area contributed by atoms with Gasteiger partial charge >= 0.3 is 0 Å². The maximum absolute atomic E-state index is 4.25. The Morgan fingerprint density at radius 2 is 2.50 bits per heavy atom. The van der Waals surface area contributed by atoms with E-state index in [1.807, 2.05) is 24.4 Å². The first-order valence-electron chi connectivity index (χ1n) is 3.31. The van der Waals surface area contributed by atoms with Crippen molar-refractivity contribution in [1.82, 2.24) is 4.98 Å². The minimum atomic E-state index is 0.828. The number of hydrogen-bond donors (Lipinski definition) is 1. The van der Waals surface area contributed by atoms with Gasteiger partial charge in [-0.05, 0) is 18.2 Å². The van der Waals surface area contributed by atoms with Gasteiger partial charge < -0.3 is 4.98 Å². The predicted octanol–water partition coefficient (Wildman–Crippen LogP) is 1.37. The second-order valence-electron chi connectivity index (χ2n) is 2.21. The average Bonchev–Trinajstić information content (AvgIpc) is 2.59. The Morgan fingerprint density at radius 3 is 3.10 bits per heavy atom. The van der Waals surface area contributed by atoms with Gasteiger partial charge in [-0.25, -0.2) is 0 Å². The largest absolute Gasteiger partial charge is 0.360 e. The minimum absolute atomic E-state index is 0.828. The molecule has 0 aromatic carbocycles. The summed E-state index contributed by atoms with van der Waals surface area (Å²) in [6.45, 7) is 0.828. The molecule has 1 aliphatic rings. The maximum atomic E-state index is 4.25. The van der Waals surface area contributed by atoms with Crippen molar-refractivity contribution in [1.29, 1.82) is 0 Å². The molecule has 0 saturated carbocycles. The van der Waals surface area contributed by atoms with E-state index in [1.165, 1.54) is 0 Å². The lowest BCUT2D eigenvalue weighted by Gasteiger charge is -1.89.